The first-order valence-corrected chi connectivity index (χ1v) is 12.0. The van der Waals surface area contributed by atoms with Crippen LogP contribution in [0.4, 0.5) is 18.9 Å². The van der Waals surface area contributed by atoms with Crippen molar-refractivity contribution >= 4 is 28.8 Å². The van der Waals surface area contributed by atoms with Gasteiger partial charge in [-0.05, 0) is 44.5 Å². The van der Waals surface area contributed by atoms with Crippen LogP contribution in [0.3, 0.4) is 0 Å². The second kappa shape index (κ2) is 9.60. The molecule has 0 bridgehead atoms. The molecule has 194 valence electrons. The molecule has 0 aliphatic heterocycles. The molecule has 1 amide bonds. The first-order valence-electron chi connectivity index (χ1n) is 11.6. The largest absolute Gasteiger partial charge is 0.433 e. The molecule has 0 radical (unpaired) electrons. The Morgan fingerprint density at radius 1 is 1.00 bits per heavy atom. The summed E-state index contributed by atoms with van der Waals surface area (Å²) in [6, 6.07) is 16.4. The van der Waals surface area contributed by atoms with Crippen LogP contribution in [0.15, 0.2) is 60.7 Å². The number of hydrogen-bond acceptors (Lipinski definition) is 4. The summed E-state index contributed by atoms with van der Waals surface area (Å²) >= 11 is 5.91. The van der Waals surface area contributed by atoms with Crippen molar-refractivity contribution < 1.29 is 18.0 Å². The number of aromatic nitrogens is 5. The first kappa shape index (κ1) is 25.5. The third-order valence-electron chi connectivity index (χ3n) is 6.13. The standard InChI is InChI=1S/C27H22ClF3N6O/c1-15-5-4-6-18(11-15)14-36-17(3)25(16(2)34-36)33-26(38)22-13-24-32-21(19-7-9-20(28)10-8-19)12-23(27(29,30)31)37(24)35-22/h4-13H,14H2,1-3H3,(H,33,38). The van der Waals surface area contributed by atoms with Gasteiger partial charge in [0.05, 0.1) is 29.3 Å². The molecule has 5 aromatic rings. The lowest BCUT2D eigenvalue weighted by Crippen LogP contribution is -2.16. The van der Waals surface area contributed by atoms with E-state index in [0.717, 1.165) is 17.2 Å². The Labute approximate surface area is 220 Å². The van der Waals surface area contributed by atoms with Crippen molar-refractivity contribution in [3.05, 3.63) is 99.6 Å². The van der Waals surface area contributed by atoms with Gasteiger partial charge >= 0.3 is 6.18 Å². The van der Waals surface area contributed by atoms with E-state index in [4.69, 9.17) is 11.6 Å². The fourth-order valence-corrected chi connectivity index (χ4v) is 4.37. The van der Waals surface area contributed by atoms with Crippen LogP contribution in [-0.2, 0) is 12.7 Å². The van der Waals surface area contributed by atoms with E-state index in [1.807, 2.05) is 32.0 Å². The van der Waals surface area contributed by atoms with Crippen molar-refractivity contribution in [2.24, 2.45) is 0 Å². The Morgan fingerprint density at radius 3 is 2.42 bits per heavy atom. The van der Waals surface area contributed by atoms with E-state index >= 15 is 0 Å². The van der Waals surface area contributed by atoms with Gasteiger partial charge in [0.15, 0.2) is 17.0 Å². The number of amides is 1. The van der Waals surface area contributed by atoms with E-state index < -0.39 is 17.8 Å². The smallest absolute Gasteiger partial charge is 0.317 e. The number of carbonyl (C=O) groups excluding carboxylic acids is 1. The van der Waals surface area contributed by atoms with Gasteiger partial charge in [-0.15, -0.1) is 0 Å². The van der Waals surface area contributed by atoms with Crippen molar-refractivity contribution in [1.29, 1.82) is 0 Å². The molecule has 0 saturated carbocycles. The quantitative estimate of drug-likeness (QED) is 0.277. The number of hydrogen-bond donors (Lipinski definition) is 1. The van der Waals surface area contributed by atoms with E-state index in [2.05, 4.69) is 26.6 Å². The maximum absolute atomic E-state index is 13.9. The van der Waals surface area contributed by atoms with Crippen LogP contribution in [-0.4, -0.2) is 30.3 Å². The van der Waals surface area contributed by atoms with Crippen molar-refractivity contribution in [2.75, 3.05) is 5.32 Å². The second-order valence-electron chi connectivity index (χ2n) is 8.98. The van der Waals surface area contributed by atoms with Crippen molar-refractivity contribution in [3.63, 3.8) is 0 Å². The van der Waals surface area contributed by atoms with E-state index in [9.17, 15) is 18.0 Å². The highest BCUT2D eigenvalue weighted by Gasteiger charge is 2.35. The molecule has 0 fully saturated rings. The Kier molecular flexibility index (Phi) is 6.44. The molecule has 0 spiro atoms. The van der Waals surface area contributed by atoms with E-state index in [1.165, 1.54) is 6.07 Å². The minimum absolute atomic E-state index is 0.0810. The molecule has 3 aromatic heterocycles. The highest BCUT2D eigenvalue weighted by atomic mass is 35.5. The van der Waals surface area contributed by atoms with Crippen LogP contribution in [0.5, 0.6) is 0 Å². The molecule has 5 rings (SSSR count). The maximum Gasteiger partial charge on any atom is 0.433 e. The van der Waals surface area contributed by atoms with Crippen LogP contribution in [0.1, 0.15) is 38.7 Å². The number of halogens is 4. The summed E-state index contributed by atoms with van der Waals surface area (Å²) < 4.78 is 44.2. The zero-order chi connectivity index (χ0) is 27.2. The summed E-state index contributed by atoms with van der Waals surface area (Å²) in [7, 11) is 0. The molecule has 11 heteroatoms. The van der Waals surface area contributed by atoms with Gasteiger partial charge in [0.1, 0.15) is 0 Å². The Bertz CT molecular complexity index is 1670. The minimum Gasteiger partial charge on any atom is -0.317 e. The Balaban J connectivity index is 1.48. The molecule has 7 nitrogen and oxygen atoms in total. The SMILES string of the molecule is Cc1cccc(Cn2nc(C)c(NC(=O)c3cc4nc(-c5ccc(Cl)cc5)cc(C(F)(F)F)n4n3)c2C)c1. The first-order chi connectivity index (χ1) is 18.0. The van der Waals surface area contributed by atoms with Gasteiger partial charge in [0.2, 0.25) is 0 Å². The number of rotatable bonds is 5. The zero-order valence-electron chi connectivity index (χ0n) is 20.6. The van der Waals surface area contributed by atoms with Gasteiger partial charge in [-0.2, -0.15) is 23.4 Å². The number of aryl methyl sites for hydroxylation is 2. The predicted octanol–water partition coefficient (Wildman–Crippen LogP) is 6.49. The summed E-state index contributed by atoms with van der Waals surface area (Å²) in [5, 5.41) is 11.7. The molecule has 38 heavy (non-hydrogen) atoms. The van der Waals surface area contributed by atoms with E-state index in [-0.39, 0.29) is 17.0 Å². The number of anilines is 1. The van der Waals surface area contributed by atoms with E-state index in [0.29, 0.717) is 38.7 Å². The number of fused-ring (bicyclic) bond motifs is 1. The van der Waals surface area contributed by atoms with Crippen LogP contribution in [0, 0.1) is 20.8 Å². The molecule has 3 heterocycles. The number of benzene rings is 2. The fourth-order valence-electron chi connectivity index (χ4n) is 4.25. The second-order valence-corrected chi connectivity index (χ2v) is 9.41. The average Bonchev–Trinajstić information content (AvgIpc) is 3.40. The normalized spacial score (nSPS) is 11.8. The number of nitrogens with one attached hydrogen (secondary N) is 1. The maximum atomic E-state index is 13.9. The number of carbonyl (C=O) groups is 1. The summed E-state index contributed by atoms with van der Waals surface area (Å²) in [6.07, 6.45) is -4.73. The number of alkyl halides is 3. The molecule has 0 aliphatic rings. The van der Waals surface area contributed by atoms with Crippen LogP contribution >= 0.6 is 11.6 Å². The third-order valence-corrected chi connectivity index (χ3v) is 6.38. The van der Waals surface area contributed by atoms with Gasteiger partial charge in [0.25, 0.3) is 5.91 Å². The zero-order valence-corrected chi connectivity index (χ0v) is 21.4. The van der Waals surface area contributed by atoms with Crippen LogP contribution in [0.2, 0.25) is 5.02 Å². The topological polar surface area (TPSA) is 77.1 Å². The van der Waals surface area contributed by atoms with Crippen molar-refractivity contribution in [3.8, 4) is 11.3 Å². The fraction of sp³-hybridized carbons (Fsp3) is 0.185. The third kappa shape index (κ3) is 4.99. The highest BCUT2D eigenvalue weighted by Crippen LogP contribution is 2.33. The van der Waals surface area contributed by atoms with Gasteiger partial charge in [-0.25, -0.2) is 9.50 Å². The molecule has 0 unspecified atom stereocenters. The van der Waals surface area contributed by atoms with Gasteiger partial charge in [-0.1, -0.05) is 53.6 Å². The monoisotopic (exact) mass is 538 g/mol. The summed E-state index contributed by atoms with van der Waals surface area (Å²) in [6.45, 7) is 6.07. The number of nitrogens with zero attached hydrogens (tertiary/aromatic N) is 5. The summed E-state index contributed by atoms with van der Waals surface area (Å²) in [5.41, 5.74) is 3.09. The van der Waals surface area contributed by atoms with Gasteiger partial charge in [-0.3, -0.25) is 9.48 Å². The molecule has 0 aliphatic carbocycles. The van der Waals surface area contributed by atoms with Gasteiger partial charge < -0.3 is 5.32 Å². The van der Waals surface area contributed by atoms with Crippen molar-refractivity contribution in [1.82, 2.24) is 24.4 Å². The van der Waals surface area contributed by atoms with E-state index in [1.54, 1.807) is 35.9 Å². The lowest BCUT2D eigenvalue weighted by Gasteiger charge is -2.11. The molecule has 1 N–H and O–H groups in total. The molecule has 0 atom stereocenters. The highest BCUT2D eigenvalue weighted by molar-refractivity contribution is 6.30. The molecular formula is C27H22ClF3N6O. The summed E-state index contributed by atoms with van der Waals surface area (Å²) in [5.74, 6) is -0.669. The molecule has 0 saturated heterocycles. The summed E-state index contributed by atoms with van der Waals surface area (Å²) in [4.78, 5) is 17.4. The lowest BCUT2D eigenvalue weighted by molar-refractivity contribution is -0.142. The molecule has 2 aromatic carbocycles. The average molecular weight is 539 g/mol. The van der Waals surface area contributed by atoms with Gasteiger partial charge in [0, 0.05) is 16.7 Å². The molecular weight excluding hydrogens is 517 g/mol. The minimum atomic E-state index is -4.73. The van der Waals surface area contributed by atoms with Crippen molar-refractivity contribution in [2.45, 2.75) is 33.5 Å². The Hall–Kier alpha value is -4.18. The Morgan fingerprint density at radius 2 is 1.74 bits per heavy atom. The predicted molar refractivity (Wildman–Crippen MR) is 138 cm³/mol. The van der Waals surface area contributed by atoms with Crippen LogP contribution < -0.4 is 5.32 Å². The van der Waals surface area contributed by atoms with Crippen LogP contribution in [0.25, 0.3) is 16.9 Å². The lowest BCUT2D eigenvalue weighted by atomic mass is 10.1.